The Morgan fingerprint density at radius 3 is 2.89 bits per heavy atom. The van der Waals surface area contributed by atoms with Crippen LogP contribution in [0.25, 0.3) is 0 Å². The smallest absolute Gasteiger partial charge is 0.267 e. The van der Waals surface area contributed by atoms with E-state index in [1.165, 1.54) is 4.90 Å². The van der Waals surface area contributed by atoms with Crippen LogP contribution in [0.15, 0.2) is 18.2 Å². The Labute approximate surface area is 106 Å². The number of benzene rings is 1. The van der Waals surface area contributed by atoms with Gasteiger partial charge in [-0.25, -0.2) is 0 Å². The fourth-order valence-corrected chi connectivity index (χ4v) is 1.92. The van der Waals surface area contributed by atoms with Crippen molar-refractivity contribution in [3.8, 4) is 5.75 Å². The number of hydrogen-bond donors (Lipinski definition) is 1. The third kappa shape index (κ3) is 2.03. The Hall–Kier alpha value is -2.04. The quantitative estimate of drug-likeness (QED) is 0.855. The summed E-state index contributed by atoms with van der Waals surface area (Å²) in [6, 6.07) is 5.09. The lowest BCUT2D eigenvalue weighted by molar-refractivity contribution is -0.125. The molecule has 0 saturated heterocycles. The number of nitrogens with one attached hydrogen (secondary N) is 1. The standard InChI is InChI=1S/C13H16N2O3/c1-4-14-12(16)9-5-6-11-10(7-9)15(3)13(17)8(2)18-11/h5-8H,4H2,1-3H3,(H,14,16). The van der Waals surface area contributed by atoms with E-state index in [9.17, 15) is 9.59 Å². The van der Waals surface area contributed by atoms with E-state index in [0.29, 0.717) is 23.5 Å². The summed E-state index contributed by atoms with van der Waals surface area (Å²) in [7, 11) is 1.68. The fraction of sp³-hybridized carbons (Fsp3) is 0.385. The van der Waals surface area contributed by atoms with Crippen molar-refractivity contribution in [2.75, 3.05) is 18.5 Å². The highest BCUT2D eigenvalue weighted by Gasteiger charge is 2.29. The number of carbonyl (C=O) groups excluding carboxylic acids is 2. The molecule has 5 heteroatoms. The molecule has 0 saturated carbocycles. The third-order valence-electron chi connectivity index (χ3n) is 2.90. The molecule has 96 valence electrons. The number of anilines is 1. The van der Waals surface area contributed by atoms with E-state index in [4.69, 9.17) is 4.74 Å². The average Bonchev–Trinajstić information content (AvgIpc) is 2.36. The second-order valence-electron chi connectivity index (χ2n) is 4.20. The first-order chi connectivity index (χ1) is 8.54. The number of ether oxygens (including phenoxy) is 1. The molecular formula is C13H16N2O3. The molecule has 18 heavy (non-hydrogen) atoms. The monoisotopic (exact) mass is 248 g/mol. The van der Waals surface area contributed by atoms with Gasteiger partial charge in [0.1, 0.15) is 5.75 Å². The predicted octanol–water partition coefficient (Wildman–Crippen LogP) is 1.18. The van der Waals surface area contributed by atoms with E-state index in [0.717, 1.165) is 0 Å². The topological polar surface area (TPSA) is 58.6 Å². The first kappa shape index (κ1) is 12.4. The zero-order chi connectivity index (χ0) is 13.3. The molecule has 0 spiro atoms. The molecule has 1 heterocycles. The molecule has 2 amide bonds. The van der Waals surface area contributed by atoms with Crippen LogP contribution in [0.3, 0.4) is 0 Å². The number of carbonyl (C=O) groups is 2. The summed E-state index contributed by atoms with van der Waals surface area (Å²) in [6.45, 7) is 4.13. The zero-order valence-electron chi connectivity index (χ0n) is 10.7. The predicted molar refractivity (Wildman–Crippen MR) is 67.9 cm³/mol. The molecule has 1 aromatic rings. The summed E-state index contributed by atoms with van der Waals surface area (Å²) in [4.78, 5) is 25.0. The van der Waals surface area contributed by atoms with Crippen LogP contribution in [0.2, 0.25) is 0 Å². The maximum absolute atomic E-state index is 11.8. The lowest BCUT2D eigenvalue weighted by Crippen LogP contribution is -2.42. The van der Waals surface area contributed by atoms with Gasteiger partial charge >= 0.3 is 0 Å². The molecule has 0 aliphatic carbocycles. The van der Waals surface area contributed by atoms with Gasteiger partial charge in [0.2, 0.25) is 0 Å². The zero-order valence-corrected chi connectivity index (χ0v) is 10.7. The largest absolute Gasteiger partial charge is 0.479 e. The third-order valence-corrected chi connectivity index (χ3v) is 2.90. The maximum atomic E-state index is 11.8. The van der Waals surface area contributed by atoms with Crippen LogP contribution in [-0.2, 0) is 4.79 Å². The lowest BCUT2D eigenvalue weighted by atomic mass is 10.1. The van der Waals surface area contributed by atoms with Crippen LogP contribution in [0, 0.1) is 0 Å². The van der Waals surface area contributed by atoms with Crippen molar-refractivity contribution in [3.63, 3.8) is 0 Å². The normalized spacial score (nSPS) is 18.1. The van der Waals surface area contributed by atoms with Crippen molar-refractivity contribution >= 4 is 17.5 Å². The molecular weight excluding hydrogens is 232 g/mol. The van der Waals surface area contributed by atoms with Gasteiger partial charge in [0.15, 0.2) is 6.10 Å². The van der Waals surface area contributed by atoms with E-state index in [-0.39, 0.29) is 11.8 Å². The number of amides is 2. The van der Waals surface area contributed by atoms with Crippen molar-refractivity contribution in [2.45, 2.75) is 20.0 Å². The lowest BCUT2D eigenvalue weighted by Gasteiger charge is -2.30. The van der Waals surface area contributed by atoms with Gasteiger partial charge in [0.05, 0.1) is 5.69 Å². The molecule has 0 bridgehead atoms. The summed E-state index contributed by atoms with van der Waals surface area (Å²) in [5.41, 5.74) is 1.15. The Morgan fingerprint density at radius 1 is 1.50 bits per heavy atom. The van der Waals surface area contributed by atoms with Gasteiger partial charge in [-0.05, 0) is 32.0 Å². The van der Waals surface area contributed by atoms with E-state index in [1.807, 2.05) is 6.92 Å². The van der Waals surface area contributed by atoms with E-state index >= 15 is 0 Å². The van der Waals surface area contributed by atoms with Crippen LogP contribution in [-0.4, -0.2) is 31.5 Å². The van der Waals surface area contributed by atoms with Crippen molar-refractivity contribution in [1.82, 2.24) is 5.32 Å². The van der Waals surface area contributed by atoms with Gasteiger partial charge in [0, 0.05) is 19.2 Å². The van der Waals surface area contributed by atoms with E-state index < -0.39 is 6.10 Å². The number of fused-ring (bicyclic) bond motifs is 1. The summed E-state index contributed by atoms with van der Waals surface area (Å²) < 4.78 is 5.49. The molecule has 1 aliphatic rings. The van der Waals surface area contributed by atoms with Crippen molar-refractivity contribution in [1.29, 1.82) is 0 Å². The van der Waals surface area contributed by atoms with Gasteiger partial charge in [-0.3, -0.25) is 9.59 Å². The Bertz CT molecular complexity index is 499. The minimum Gasteiger partial charge on any atom is -0.479 e. The molecule has 1 aromatic carbocycles. The van der Waals surface area contributed by atoms with Crippen molar-refractivity contribution in [3.05, 3.63) is 23.8 Å². The highest BCUT2D eigenvalue weighted by Crippen LogP contribution is 2.33. The van der Waals surface area contributed by atoms with Crippen LogP contribution < -0.4 is 15.0 Å². The Kier molecular flexibility index (Phi) is 3.23. The van der Waals surface area contributed by atoms with E-state index in [1.54, 1.807) is 32.2 Å². The van der Waals surface area contributed by atoms with Gasteiger partial charge < -0.3 is 15.0 Å². The summed E-state index contributed by atoms with van der Waals surface area (Å²) in [6.07, 6.45) is -0.488. The molecule has 0 fully saturated rings. The second kappa shape index (κ2) is 4.68. The summed E-state index contributed by atoms with van der Waals surface area (Å²) in [5.74, 6) is 0.355. The minimum absolute atomic E-state index is 0.115. The van der Waals surface area contributed by atoms with Gasteiger partial charge in [-0.1, -0.05) is 0 Å². The van der Waals surface area contributed by atoms with Crippen LogP contribution in [0.5, 0.6) is 5.75 Å². The first-order valence-electron chi connectivity index (χ1n) is 5.91. The number of nitrogens with zero attached hydrogens (tertiary/aromatic N) is 1. The van der Waals surface area contributed by atoms with Gasteiger partial charge in [0.25, 0.3) is 11.8 Å². The SMILES string of the molecule is CCNC(=O)c1ccc2c(c1)N(C)C(=O)C(C)O2. The number of likely N-dealkylation sites (N-methyl/N-ethyl adjacent to an activating group) is 1. The summed E-state index contributed by atoms with van der Waals surface area (Å²) in [5, 5.41) is 2.72. The fourth-order valence-electron chi connectivity index (χ4n) is 1.92. The molecule has 2 rings (SSSR count). The molecule has 1 N–H and O–H groups in total. The van der Waals surface area contributed by atoms with Crippen LogP contribution in [0.4, 0.5) is 5.69 Å². The summed E-state index contributed by atoms with van der Waals surface area (Å²) >= 11 is 0. The number of hydrogen-bond acceptors (Lipinski definition) is 3. The second-order valence-corrected chi connectivity index (χ2v) is 4.20. The molecule has 1 atom stereocenters. The van der Waals surface area contributed by atoms with E-state index in [2.05, 4.69) is 5.32 Å². The molecule has 1 aliphatic heterocycles. The Morgan fingerprint density at radius 2 is 2.22 bits per heavy atom. The maximum Gasteiger partial charge on any atom is 0.267 e. The Balaban J connectivity index is 2.37. The molecule has 0 aromatic heterocycles. The minimum atomic E-state index is -0.488. The molecule has 0 radical (unpaired) electrons. The first-order valence-corrected chi connectivity index (χ1v) is 5.91. The average molecular weight is 248 g/mol. The highest BCUT2D eigenvalue weighted by atomic mass is 16.5. The van der Waals surface area contributed by atoms with Gasteiger partial charge in [-0.15, -0.1) is 0 Å². The van der Waals surface area contributed by atoms with Crippen LogP contribution in [0.1, 0.15) is 24.2 Å². The van der Waals surface area contributed by atoms with Crippen molar-refractivity contribution < 1.29 is 14.3 Å². The molecule has 5 nitrogen and oxygen atoms in total. The molecule has 1 unspecified atom stereocenters. The van der Waals surface area contributed by atoms with Gasteiger partial charge in [-0.2, -0.15) is 0 Å². The number of rotatable bonds is 2. The van der Waals surface area contributed by atoms with Crippen molar-refractivity contribution in [2.24, 2.45) is 0 Å². The highest BCUT2D eigenvalue weighted by molar-refractivity contribution is 6.02. The van der Waals surface area contributed by atoms with Crippen LogP contribution >= 0.6 is 0 Å².